The highest BCUT2D eigenvalue weighted by molar-refractivity contribution is 7.91. The summed E-state index contributed by atoms with van der Waals surface area (Å²) in [7, 11) is -3.81. The largest absolute Gasteiger partial charge is 0.382 e. The Bertz CT molecular complexity index is 486. The number of nitrogens with two attached hydrogens (primary N) is 1. The maximum atomic E-state index is 11.5. The van der Waals surface area contributed by atoms with Crippen LogP contribution in [0.5, 0.6) is 0 Å². The van der Waals surface area contributed by atoms with E-state index in [4.69, 9.17) is 22.4 Å². The maximum absolute atomic E-state index is 11.5. The number of amides is 1. The number of aromatic nitrogens is 1. The lowest BCUT2D eigenvalue weighted by Crippen LogP contribution is -2.39. The molecule has 0 aliphatic rings. The minimum atomic E-state index is -3.81. The summed E-state index contributed by atoms with van der Waals surface area (Å²) in [5.74, 6) is -1.01. The quantitative estimate of drug-likeness (QED) is 0.635. The van der Waals surface area contributed by atoms with Crippen LogP contribution in [0, 0.1) is 0 Å². The maximum Gasteiger partial charge on any atom is 0.251 e. The molecular weight excluding hydrogens is 278 g/mol. The zero-order chi connectivity index (χ0) is 12.3. The average Bonchev–Trinajstić information content (AvgIpc) is 2.61. The fourth-order valence-corrected chi connectivity index (χ4v) is 3.10. The first-order valence-electron chi connectivity index (χ1n) is 3.91. The standard InChI is InChI=1S/C6H8ClN3O4S2/c7-6-9-2-4(15-6)16(13,14)10-1-3(11)5(8)12/h2-3,10-11H,1H2,(H2,8,12). The molecular formula is C6H8ClN3O4S2. The normalized spacial score (nSPS) is 13.6. The fourth-order valence-electron chi connectivity index (χ4n) is 0.724. The Morgan fingerprint density at radius 1 is 1.75 bits per heavy atom. The van der Waals surface area contributed by atoms with Gasteiger partial charge in [0.15, 0.2) is 8.68 Å². The van der Waals surface area contributed by atoms with Crippen molar-refractivity contribution in [3.8, 4) is 0 Å². The van der Waals surface area contributed by atoms with E-state index in [0.717, 1.165) is 17.5 Å². The van der Waals surface area contributed by atoms with Gasteiger partial charge >= 0.3 is 0 Å². The number of aliphatic hydroxyl groups is 1. The van der Waals surface area contributed by atoms with Gasteiger partial charge in [0.05, 0.1) is 6.20 Å². The summed E-state index contributed by atoms with van der Waals surface area (Å²) in [6.45, 7) is -0.493. The highest BCUT2D eigenvalue weighted by atomic mass is 35.5. The van der Waals surface area contributed by atoms with Crippen LogP contribution < -0.4 is 10.5 Å². The third-order valence-electron chi connectivity index (χ3n) is 1.52. The van der Waals surface area contributed by atoms with Gasteiger partial charge in [0.2, 0.25) is 5.91 Å². The van der Waals surface area contributed by atoms with Crippen LogP contribution in [0.15, 0.2) is 10.4 Å². The summed E-state index contributed by atoms with van der Waals surface area (Å²) in [5, 5.41) is 9.00. The van der Waals surface area contributed by atoms with Crippen LogP contribution in [-0.4, -0.2) is 37.1 Å². The molecule has 16 heavy (non-hydrogen) atoms. The average molecular weight is 286 g/mol. The summed E-state index contributed by atoms with van der Waals surface area (Å²) < 4.78 is 25.0. The molecule has 7 nitrogen and oxygen atoms in total. The van der Waals surface area contributed by atoms with Crippen molar-refractivity contribution in [3.05, 3.63) is 10.7 Å². The van der Waals surface area contributed by atoms with E-state index in [1.165, 1.54) is 0 Å². The number of carbonyl (C=O) groups excluding carboxylic acids is 1. The number of aliphatic hydroxyl groups excluding tert-OH is 1. The summed E-state index contributed by atoms with van der Waals surface area (Å²) in [6, 6.07) is 0. The molecule has 0 fully saturated rings. The van der Waals surface area contributed by atoms with Crippen molar-refractivity contribution >= 4 is 38.9 Å². The van der Waals surface area contributed by atoms with E-state index >= 15 is 0 Å². The van der Waals surface area contributed by atoms with E-state index in [0.29, 0.717) is 0 Å². The Labute approximate surface area is 100 Å². The first-order chi connectivity index (χ1) is 7.33. The van der Waals surface area contributed by atoms with Gasteiger partial charge in [-0.2, -0.15) is 0 Å². The fraction of sp³-hybridized carbons (Fsp3) is 0.333. The number of carbonyl (C=O) groups is 1. The Kier molecular flexibility index (Phi) is 4.21. The van der Waals surface area contributed by atoms with Crippen molar-refractivity contribution in [2.45, 2.75) is 10.3 Å². The zero-order valence-corrected chi connectivity index (χ0v) is 10.1. The van der Waals surface area contributed by atoms with Gasteiger partial charge in [-0.25, -0.2) is 18.1 Å². The van der Waals surface area contributed by atoms with Crippen molar-refractivity contribution in [2.75, 3.05) is 6.54 Å². The summed E-state index contributed by atoms with van der Waals surface area (Å²) in [5.41, 5.74) is 4.75. The number of halogens is 1. The number of nitrogens with zero attached hydrogens (tertiary/aromatic N) is 1. The van der Waals surface area contributed by atoms with Gasteiger partial charge in [-0.1, -0.05) is 22.9 Å². The molecule has 1 atom stereocenters. The summed E-state index contributed by atoms with van der Waals surface area (Å²) >= 11 is 6.23. The Morgan fingerprint density at radius 2 is 2.38 bits per heavy atom. The third kappa shape index (κ3) is 3.39. The third-order valence-corrected chi connectivity index (χ3v) is 4.52. The van der Waals surface area contributed by atoms with E-state index in [2.05, 4.69) is 4.98 Å². The summed E-state index contributed by atoms with van der Waals surface area (Å²) in [4.78, 5) is 14.0. The van der Waals surface area contributed by atoms with Crippen molar-refractivity contribution in [3.63, 3.8) is 0 Å². The van der Waals surface area contributed by atoms with Gasteiger partial charge in [-0.3, -0.25) is 4.79 Å². The molecule has 1 rings (SSSR count). The number of hydrogen-bond donors (Lipinski definition) is 3. The highest BCUT2D eigenvalue weighted by Gasteiger charge is 2.20. The van der Waals surface area contributed by atoms with Crippen LogP contribution >= 0.6 is 22.9 Å². The molecule has 1 unspecified atom stereocenters. The molecule has 0 saturated heterocycles. The Balaban J connectivity index is 2.70. The lowest BCUT2D eigenvalue weighted by atomic mass is 10.3. The minimum absolute atomic E-state index is 0.0795. The first-order valence-corrected chi connectivity index (χ1v) is 6.59. The molecule has 0 aliphatic carbocycles. The molecule has 10 heteroatoms. The predicted octanol–water partition coefficient (Wildman–Crippen LogP) is -1.08. The lowest BCUT2D eigenvalue weighted by molar-refractivity contribution is -0.125. The molecule has 1 aromatic rings. The SMILES string of the molecule is NC(=O)C(O)CNS(=O)(=O)c1cnc(Cl)s1. The second-order valence-corrected chi connectivity index (χ2v) is 6.31. The topological polar surface area (TPSA) is 122 Å². The predicted molar refractivity (Wildman–Crippen MR) is 57.5 cm³/mol. The molecule has 4 N–H and O–H groups in total. The van der Waals surface area contributed by atoms with Crippen molar-refractivity contribution in [1.29, 1.82) is 0 Å². The van der Waals surface area contributed by atoms with Crippen molar-refractivity contribution in [1.82, 2.24) is 9.71 Å². The molecule has 1 amide bonds. The molecule has 0 aliphatic heterocycles. The second-order valence-electron chi connectivity index (χ2n) is 2.70. The molecule has 0 spiro atoms. The number of nitrogens with one attached hydrogen (secondary N) is 1. The molecule has 1 aromatic heterocycles. The van der Waals surface area contributed by atoms with Gasteiger partial charge < -0.3 is 10.8 Å². The number of hydrogen-bond acceptors (Lipinski definition) is 6. The van der Waals surface area contributed by atoms with Crippen LogP contribution in [0.1, 0.15) is 0 Å². The number of sulfonamides is 1. The van der Waals surface area contributed by atoms with Crippen LogP contribution in [0.2, 0.25) is 4.47 Å². The van der Waals surface area contributed by atoms with E-state index in [1.807, 2.05) is 4.72 Å². The van der Waals surface area contributed by atoms with Crippen molar-refractivity contribution in [2.24, 2.45) is 5.73 Å². The number of rotatable bonds is 5. The van der Waals surface area contributed by atoms with E-state index in [1.54, 1.807) is 0 Å². The van der Waals surface area contributed by atoms with Gasteiger partial charge in [-0.15, -0.1) is 0 Å². The van der Waals surface area contributed by atoms with E-state index in [9.17, 15) is 13.2 Å². The Hall–Kier alpha value is -0.740. The molecule has 0 saturated carbocycles. The Morgan fingerprint density at radius 3 is 2.81 bits per heavy atom. The van der Waals surface area contributed by atoms with Crippen LogP contribution in [0.4, 0.5) is 0 Å². The number of primary amides is 1. The zero-order valence-electron chi connectivity index (χ0n) is 7.75. The molecule has 0 bridgehead atoms. The molecule has 0 aromatic carbocycles. The van der Waals surface area contributed by atoms with Crippen LogP contribution in [0.25, 0.3) is 0 Å². The van der Waals surface area contributed by atoms with Crippen LogP contribution in [0.3, 0.4) is 0 Å². The second kappa shape index (κ2) is 5.06. The van der Waals surface area contributed by atoms with Crippen molar-refractivity contribution < 1.29 is 18.3 Å². The van der Waals surface area contributed by atoms with E-state index < -0.39 is 28.6 Å². The minimum Gasteiger partial charge on any atom is -0.382 e. The van der Waals surface area contributed by atoms with Gasteiger partial charge in [-0.05, 0) is 0 Å². The molecule has 0 radical (unpaired) electrons. The first kappa shape index (κ1) is 13.3. The smallest absolute Gasteiger partial charge is 0.251 e. The summed E-state index contributed by atoms with van der Waals surface area (Å²) in [6.07, 6.45) is -0.496. The molecule has 90 valence electrons. The van der Waals surface area contributed by atoms with Gasteiger partial charge in [0, 0.05) is 6.54 Å². The van der Waals surface area contributed by atoms with Crippen LogP contribution in [-0.2, 0) is 14.8 Å². The highest BCUT2D eigenvalue weighted by Crippen LogP contribution is 2.21. The molecule has 1 heterocycles. The van der Waals surface area contributed by atoms with Gasteiger partial charge in [0.1, 0.15) is 6.10 Å². The lowest BCUT2D eigenvalue weighted by Gasteiger charge is -2.07. The van der Waals surface area contributed by atoms with E-state index in [-0.39, 0.29) is 8.68 Å². The van der Waals surface area contributed by atoms with Gasteiger partial charge in [0.25, 0.3) is 10.0 Å². The monoisotopic (exact) mass is 285 g/mol. The number of thiazole rings is 1.